The summed E-state index contributed by atoms with van der Waals surface area (Å²) in [7, 11) is 2.89. The van der Waals surface area contributed by atoms with Gasteiger partial charge in [0.1, 0.15) is 17.8 Å². The first-order chi connectivity index (χ1) is 13.8. The van der Waals surface area contributed by atoms with Gasteiger partial charge in [0.2, 0.25) is 5.91 Å². The molecule has 0 spiro atoms. The molecule has 0 aliphatic carbocycles. The van der Waals surface area contributed by atoms with E-state index in [-0.39, 0.29) is 25.5 Å². The Morgan fingerprint density at radius 1 is 1.17 bits per heavy atom. The van der Waals surface area contributed by atoms with Crippen LogP contribution in [0.2, 0.25) is 0 Å². The van der Waals surface area contributed by atoms with Crippen molar-refractivity contribution in [3.8, 4) is 5.75 Å². The third kappa shape index (κ3) is 5.94. The molecular formula is C20H27N3O6. The third-order valence-corrected chi connectivity index (χ3v) is 4.83. The summed E-state index contributed by atoms with van der Waals surface area (Å²) in [6.45, 7) is 1.55. The van der Waals surface area contributed by atoms with E-state index < -0.39 is 23.4 Å². The van der Waals surface area contributed by atoms with Crippen molar-refractivity contribution in [3.63, 3.8) is 0 Å². The largest absolute Gasteiger partial charge is 0.497 e. The molecule has 1 fully saturated rings. The molecule has 9 nitrogen and oxygen atoms in total. The summed E-state index contributed by atoms with van der Waals surface area (Å²) in [5.74, 6) is -0.506. The number of imide groups is 1. The summed E-state index contributed by atoms with van der Waals surface area (Å²) in [5.41, 5.74) is -0.0572. The van der Waals surface area contributed by atoms with Gasteiger partial charge in [-0.3, -0.25) is 19.3 Å². The lowest BCUT2D eigenvalue weighted by atomic mass is 9.93. The maximum Gasteiger partial charge on any atom is 0.325 e. The molecule has 1 atom stereocenters. The Morgan fingerprint density at radius 3 is 2.48 bits per heavy atom. The summed E-state index contributed by atoms with van der Waals surface area (Å²) in [4.78, 5) is 49.0. The minimum Gasteiger partial charge on any atom is -0.497 e. The maximum absolute atomic E-state index is 12.7. The molecule has 0 aromatic heterocycles. The number of nitrogens with one attached hydrogen (secondary N) is 2. The highest BCUT2D eigenvalue weighted by molar-refractivity contribution is 6.08. The van der Waals surface area contributed by atoms with Gasteiger partial charge < -0.3 is 20.1 Å². The van der Waals surface area contributed by atoms with Crippen LogP contribution >= 0.6 is 0 Å². The molecule has 0 unspecified atom stereocenters. The number of amides is 4. The summed E-state index contributed by atoms with van der Waals surface area (Å²) in [6, 6.07) is 6.90. The van der Waals surface area contributed by atoms with Gasteiger partial charge in [-0.15, -0.1) is 0 Å². The molecule has 1 aromatic rings. The van der Waals surface area contributed by atoms with Gasteiger partial charge in [-0.1, -0.05) is 12.1 Å². The normalized spacial score (nSPS) is 18.4. The van der Waals surface area contributed by atoms with E-state index in [1.54, 1.807) is 14.0 Å². The SMILES string of the molecule is COC(=O)CCCNC(=O)CN1C(=O)N[C@](C)(CCc2ccc(OC)cc2)C1=O. The first-order valence-corrected chi connectivity index (χ1v) is 9.39. The Balaban J connectivity index is 1.85. The lowest BCUT2D eigenvalue weighted by Crippen LogP contribution is -2.45. The predicted octanol–water partition coefficient (Wildman–Crippen LogP) is 1.01. The van der Waals surface area contributed by atoms with E-state index in [9.17, 15) is 19.2 Å². The second-order valence-corrected chi connectivity index (χ2v) is 7.03. The van der Waals surface area contributed by atoms with Crippen LogP contribution < -0.4 is 15.4 Å². The van der Waals surface area contributed by atoms with Gasteiger partial charge in [0.05, 0.1) is 14.2 Å². The fourth-order valence-electron chi connectivity index (χ4n) is 3.01. The van der Waals surface area contributed by atoms with E-state index in [0.29, 0.717) is 19.3 Å². The fourth-order valence-corrected chi connectivity index (χ4v) is 3.01. The number of aryl methyl sites for hydroxylation is 1. The van der Waals surface area contributed by atoms with Crippen molar-refractivity contribution >= 4 is 23.8 Å². The molecule has 2 rings (SSSR count). The number of rotatable bonds is 10. The predicted molar refractivity (Wildman–Crippen MR) is 104 cm³/mol. The molecule has 2 N–H and O–H groups in total. The molecule has 1 heterocycles. The van der Waals surface area contributed by atoms with Crippen LogP contribution in [0.1, 0.15) is 31.7 Å². The van der Waals surface area contributed by atoms with Crippen LogP contribution in [0.25, 0.3) is 0 Å². The Morgan fingerprint density at radius 2 is 1.86 bits per heavy atom. The van der Waals surface area contributed by atoms with Crippen molar-refractivity contribution < 1.29 is 28.7 Å². The number of methoxy groups -OCH3 is 2. The standard InChI is InChI=1S/C20H27N3O6/c1-20(11-10-14-6-8-15(28-2)9-7-14)18(26)23(19(27)22-20)13-16(24)21-12-4-5-17(25)29-3/h6-9H,4-5,10-13H2,1-3H3,(H,21,24)(H,22,27)/t20-/m1/s1. The number of esters is 1. The van der Waals surface area contributed by atoms with Gasteiger partial charge in [-0.05, 0) is 43.9 Å². The molecule has 9 heteroatoms. The fraction of sp³-hybridized carbons (Fsp3) is 0.500. The summed E-state index contributed by atoms with van der Waals surface area (Å²) in [6.07, 6.45) is 1.59. The number of carbonyl (C=O) groups is 4. The number of hydrogen-bond donors (Lipinski definition) is 2. The molecule has 4 amide bonds. The molecule has 1 aromatic carbocycles. The van der Waals surface area contributed by atoms with E-state index >= 15 is 0 Å². The van der Waals surface area contributed by atoms with Crippen molar-refractivity contribution in [2.75, 3.05) is 27.3 Å². The lowest BCUT2D eigenvalue weighted by molar-refractivity contribution is -0.140. The Bertz CT molecular complexity index is 764. The molecule has 29 heavy (non-hydrogen) atoms. The van der Waals surface area contributed by atoms with Crippen molar-refractivity contribution in [2.45, 2.75) is 38.1 Å². The second-order valence-electron chi connectivity index (χ2n) is 7.03. The van der Waals surface area contributed by atoms with E-state index in [1.165, 1.54) is 7.11 Å². The van der Waals surface area contributed by atoms with E-state index in [4.69, 9.17) is 4.74 Å². The molecule has 158 valence electrons. The first-order valence-electron chi connectivity index (χ1n) is 9.39. The van der Waals surface area contributed by atoms with Crippen LogP contribution in [0.5, 0.6) is 5.75 Å². The highest BCUT2D eigenvalue weighted by Crippen LogP contribution is 2.24. The van der Waals surface area contributed by atoms with Gasteiger partial charge in [0.15, 0.2) is 0 Å². The van der Waals surface area contributed by atoms with Crippen molar-refractivity contribution in [1.29, 1.82) is 0 Å². The van der Waals surface area contributed by atoms with Crippen LogP contribution in [0.4, 0.5) is 4.79 Å². The number of nitrogens with zero attached hydrogens (tertiary/aromatic N) is 1. The minimum atomic E-state index is -1.07. The number of hydrogen-bond acceptors (Lipinski definition) is 6. The quantitative estimate of drug-likeness (QED) is 0.341. The Hall–Kier alpha value is -3.10. The van der Waals surface area contributed by atoms with Crippen molar-refractivity contribution in [2.24, 2.45) is 0 Å². The van der Waals surface area contributed by atoms with Gasteiger partial charge in [-0.25, -0.2) is 4.79 Å². The van der Waals surface area contributed by atoms with Crippen molar-refractivity contribution in [3.05, 3.63) is 29.8 Å². The second kappa shape index (κ2) is 9.90. The average molecular weight is 405 g/mol. The van der Waals surface area contributed by atoms with Gasteiger partial charge in [0.25, 0.3) is 5.91 Å². The zero-order valence-electron chi connectivity index (χ0n) is 16.9. The zero-order valence-corrected chi connectivity index (χ0v) is 16.9. The van der Waals surface area contributed by atoms with Crippen LogP contribution in [0, 0.1) is 0 Å². The van der Waals surface area contributed by atoms with E-state index in [0.717, 1.165) is 16.2 Å². The molecule has 1 aliphatic rings. The Labute approximate surface area is 169 Å². The van der Waals surface area contributed by atoms with Crippen LogP contribution in [-0.4, -0.2) is 61.6 Å². The number of benzene rings is 1. The van der Waals surface area contributed by atoms with E-state index in [2.05, 4.69) is 15.4 Å². The monoisotopic (exact) mass is 405 g/mol. The average Bonchev–Trinajstić information content (AvgIpc) is 2.93. The lowest BCUT2D eigenvalue weighted by Gasteiger charge is -2.21. The highest BCUT2D eigenvalue weighted by atomic mass is 16.5. The van der Waals surface area contributed by atoms with E-state index in [1.807, 2.05) is 24.3 Å². The van der Waals surface area contributed by atoms with Gasteiger partial charge >= 0.3 is 12.0 Å². The maximum atomic E-state index is 12.7. The number of urea groups is 1. The molecule has 1 aliphatic heterocycles. The minimum absolute atomic E-state index is 0.184. The molecule has 0 bridgehead atoms. The topological polar surface area (TPSA) is 114 Å². The zero-order chi connectivity index (χ0) is 21.4. The number of carbonyl (C=O) groups excluding carboxylic acids is 4. The van der Waals surface area contributed by atoms with Crippen LogP contribution in [0.3, 0.4) is 0 Å². The van der Waals surface area contributed by atoms with Crippen LogP contribution in [0.15, 0.2) is 24.3 Å². The summed E-state index contributed by atoms with van der Waals surface area (Å²) in [5, 5.41) is 5.28. The molecule has 1 saturated heterocycles. The van der Waals surface area contributed by atoms with Gasteiger partial charge in [0, 0.05) is 13.0 Å². The smallest absolute Gasteiger partial charge is 0.325 e. The third-order valence-electron chi connectivity index (χ3n) is 4.83. The molecule has 0 saturated carbocycles. The summed E-state index contributed by atoms with van der Waals surface area (Å²) < 4.78 is 9.64. The molecular weight excluding hydrogens is 378 g/mol. The first kappa shape index (κ1) is 22.2. The molecule has 0 radical (unpaired) electrons. The summed E-state index contributed by atoms with van der Waals surface area (Å²) >= 11 is 0. The van der Waals surface area contributed by atoms with Crippen LogP contribution in [-0.2, 0) is 25.5 Å². The van der Waals surface area contributed by atoms with Gasteiger partial charge in [-0.2, -0.15) is 0 Å². The highest BCUT2D eigenvalue weighted by Gasteiger charge is 2.47. The Kier molecular flexibility index (Phi) is 7.58. The number of ether oxygens (including phenoxy) is 2. The van der Waals surface area contributed by atoms with Crippen molar-refractivity contribution in [1.82, 2.24) is 15.5 Å².